The Morgan fingerprint density at radius 2 is 2.19 bits per heavy atom. The predicted molar refractivity (Wildman–Crippen MR) is 79.1 cm³/mol. The van der Waals surface area contributed by atoms with Crippen LogP contribution in [0.5, 0.6) is 0 Å². The Kier molecular flexibility index (Phi) is 4.94. The maximum atomic E-state index is 11.6. The number of carbonyl (C=O) groups is 1. The average molecular weight is 286 g/mol. The van der Waals surface area contributed by atoms with Gasteiger partial charge in [0.15, 0.2) is 5.69 Å². The fourth-order valence-corrected chi connectivity index (χ4v) is 1.94. The zero-order valence-electron chi connectivity index (χ0n) is 12.2. The number of benzene rings is 1. The lowest BCUT2D eigenvalue weighted by molar-refractivity contribution is -0.147. The van der Waals surface area contributed by atoms with E-state index in [0.717, 1.165) is 11.3 Å². The number of oxime groups is 1. The lowest BCUT2D eigenvalue weighted by atomic mass is 10.0. The summed E-state index contributed by atoms with van der Waals surface area (Å²) in [7, 11) is 0. The van der Waals surface area contributed by atoms with Crippen LogP contribution in [0.4, 0.5) is 5.69 Å². The summed E-state index contributed by atoms with van der Waals surface area (Å²) in [6, 6.07) is 7.17. The molecule has 0 N–H and O–H groups in total. The van der Waals surface area contributed by atoms with Crippen molar-refractivity contribution in [3.63, 3.8) is 0 Å². The van der Waals surface area contributed by atoms with E-state index in [1.165, 1.54) is 0 Å². The molecule has 21 heavy (non-hydrogen) atoms. The molecular formula is C16H18N2O3. The molecule has 0 amide bonds. The van der Waals surface area contributed by atoms with Gasteiger partial charge in [-0.2, -0.15) is 0 Å². The number of carbonyl (C=O) groups excluding carboxylic acids is 1. The zero-order chi connectivity index (χ0) is 15.2. The lowest BCUT2D eigenvalue weighted by Crippen LogP contribution is -2.18. The third kappa shape index (κ3) is 4.32. The van der Waals surface area contributed by atoms with Gasteiger partial charge in [-0.25, -0.2) is 4.85 Å². The van der Waals surface area contributed by atoms with E-state index in [0.29, 0.717) is 24.6 Å². The maximum Gasteiger partial charge on any atom is 0.309 e. The molecule has 5 nitrogen and oxygen atoms in total. The molecule has 0 fully saturated rings. The van der Waals surface area contributed by atoms with Gasteiger partial charge in [-0.05, 0) is 11.5 Å². The Labute approximate surface area is 124 Å². The molecule has 1 atom stereocenters. The molecule has 1 aliphatic heterocycles. The first kappa shape index (κ1) is 15.0. The highest BCUT2D eigenvalue weighted by atomic mass is 16.6. The van der Waals surface area contributed by atoms with E-state index in [9.17, 15) is 4.79 Å². The normalized spacial score (nSPS) is 17.0. The molecule has 1 unspecified atom stereocenters. The largest absolute Gasteiger partial charge is 0.465 e. The van der Waals surface area contributed by atoms with Gasteiger partial charge in [0.05, 0.1) is 25.3 Å². The highest BCUT2D eigenvalue weighted by Gasteiger charge is 2.25. The summed E-state index contributed by atoms with van der Waals surface area (Å²) in [5.41, 5.74) is 2.31. The van der Waals surface area contributed by atoms with Gasteiger partial charge < -0.3 is 9.57 Å². The van der Waals surface area contributed by atoms with Crippen molar-refractivity contribution >= 4 is 17.4 Å². The van der Waals surface area contributed by atoms with Crippen molar-refractivity contribution in [2.45, 2.75) is 32.8 Å². The SMILES string of the molecule is [C-]#[N+]c1ccc(C2=NOC(CC(=O)OCC(C)C)C2)cc1. The van der Waals surface area contributed by atoms with Gasteiger partial charge in [-0.15, -0.1) is 0 Å². The first-order valence-electron chi connectivity index (χ1n) is 6.94. The second kappa shape index (κ2) is 6.89. The van der Waals surface area contributed by atoms with Crippen molar-refractivity contribution in [3.8, 4) is 0 Å². The minimum absolute atomic E-state index is 0.208. The third-order valence-corrected chi connectivity index (χ3v) is 3.03. The topological polar surface area (TPSA) is 52.2 Å². The first-order valence-corrected chi connectivity index (χ1v) is 6.94. The second-order valence-electron chi connectivity index (χ2n) is 5.41. The summed E-state index contributed by atoms with van der Waals surface area (Å²) in [4.78, 5) is 20.3. The van der Waals surface area contributed by atoms with E-state index >= 15 is 0 Å². The molecule has 1 aliphatic rings. The number of esters is 1. The Hall–Kier alpha value is -2.35. The molecule has 2 rings (SSSR count). The molecule has 110 valence electrons. The highest BCUT2D eigenvalue weighted by molar-refractivity contribution is 6.01. The lowest BCUT2D eigenvalue weighted by Gasteiger charge is -2.09. The fourth-order valence-electron chi connectivity index (χ4n) is 1.94. The van der Waals surface area contributed by atoms with Crippen molar-refractivity contribution < 1.29 is 14.4 Å². The fraction of sp³-hybridized carbons (Fsp3) is 0.438. The van der Waals surface area contributed by atoms with Crippen LogP contribution in [-0.2, 0) is 14.4 Å². The summed E-state index contributed by atoms with van der Waals surface area (Å²) < 4.78 is 5.13. The van der Waals surface area contributed by atoms with E-state index in [1.807, 2.05) is 26.0 Å². The smallest absolute Gasteiger partial charge is 0.309 e. The maximum absolute atomic E-state index is 11.6. The van der Waals surface area contributed by atoms with Gasteiger partial charge in [0.1, 0.15) is 6.10 Å². The van der Waals surface area contributed by atoms with Crippen LogP contribution in [0.1, 0.15) is 32.3 Å². The Morgan fingerprint density at radius 1 is 1.48 bits per heavy atom. The molecule has 0 spiro atoms. The molecule has 0 aromatic heterocycles. The van der Waals surface area contributed by atoms with Crippen LogP contribution in [0.15, 0.2) is 29.4 Å². The number of nitrogens with zero attached hydrogens (tertiary/aromatic N) is 2. The van der Waals surface area contributed by atoms with Crippen LogP contribution in [0, 0.1) is 12.5 Å². The van der Waals surface area contributed by atoms with E-state index in [-0.39, 0.29) is 18.5 Å². The molecule has 0 aliphatic carbocycles. The number of hydrogen-bond donors (Lipinski definition) is 0. The summed E-state index contributed by atoms with van der Waals surface area (Å²) in [5, 5.41) is 4.02. The van der Waals surface area contributed by atoms with Gasteiger partial charge in [0, 0.05) is 6.42 Å². The third-order valence-electron chi connectivity index (χ3n) is 3.03. The minimum atomic E-state index is -0.264. The number of rotatable bonds is 5. The Bertz CT molecular complexity index is 570. The van der Waals surface area contributed by atoms with E-state index in [4.69, 9.17) is 16.1 Å². The van der Waals surface area contributed by atoms with E-state index in [1.54, 1.807) is 12.1 Å². The van der Waals surface area contributed by atoms with Crippen LogP contribution >= 0.6 is 0 Å². The molecule has 1 aromatic carbocycles. The number of ether oxygens (including phenoxy) is 1. The number of hydrogen-bond acceptors (Lipinski definition) is 4. The molecular weight excluding hydrogens is 268 g/mol. The Balaban J connectivity index is 1.85. The molecule has 0 saturated heterocycles. The quantitative estimate of drug-likeness (QED) is 0.616. The first-order chi connectivity index (χ1) is 10.1. The van der Waals surface area contributed by atoms with Crippen molar-refractivity contribution in [3.05, 3.63) is 41.2 Å². The van der Waals surface area contributed by atoms with Gasteiger partial charge in [-0.3, -0.25) is 4.79 Å². The molecule has 0 radical (unpaired) electrons. The zero-order valence-corrected chi connectivity index (χ0v) is 12.2. The van der Waals surface area contributed by atoms with Crippen molar-refractivity contribution in [1.29, 1.82) is 0 Å². The summed E-state index contributed by atoms with van der Waals surface area (Å²) in [6.45, 7) is 11.3. The van der Waals surface area contributed by atoms with Gasteiger partial charge >= 0.3 is 5.97 Å². The molecule has 0 bridgehead atoms. The molecule has 5 heteroatoms. The van der Waals surface area contributed by atoms with Crippen molar-refractivity contribution in [2.24, 2.45) is 11.1 Å². The standard InChI is InChI=1S/C16H18N2O3/c1-11(2)10-20-16(19)9-14-8-15(18-21-14)12-4-6-13(17-3)7-5-12/h4-7,11,14H,8-10H2,1-2H3. The summed E-state index contributed by atoms with van der Waals surface area (Å²) in [6.07, 6.45) is 0.522. The summed E-state index contributed by atoms with van der Waals surface area (Å²) >= 11 is 0. The van der Waals surface area contributed by atoms with Crippen molar-refractivity contribution in [1.82, 2.24) is 0 Å². The molecule has 1 heterocycles. The minimum Gasteiger partial charge on any atom is -0.465 e. The second-order valence-corrected chi connectivity index (χ2v) is 5.41. The van der Waals surface area contributed by atoms with Crippen LogP contribution < -0.4 is 0 Å². The predicted octanol–water partition coefficient (Wildman–Crippen LogP) is 3.32. The molecule has 1 aromatic rings. The van der Waals surface area contributed by atoms with Gasteiger partial charge in [0.2, 0.25) is 0 Å². The monoisotopic (exact) mass is 286 g/mol. The average Bonchev–Trinajstić information content (AvgIpc) is 2.93. The van der Waals surface area contributed by atoms with Crippen LogP contribution in [-0.4, -0.2) is 24.4 Å². The van der Waals surface area contributed by atoms with Crippen LogP contribution in [0.25, 0.3) is 4.85 Å². The van der Waals surface area contributed by atoms with Crippen LogP contribution in [0.3, 0.4) is 0 Å². The summed E-state index contributed by atoms with van der Waals surface area (Å²) in [5.74, 6) is 0.0692. The van der Waals surface area contributed by atoms with E-state index in [2.05, 4.69) is 10.0 Å². The van der Waals surface area contributed by atoms with E-state index < -0.39 is 0 Å². The van der Waals surface area contributed by atoms with Gasteiger partial charge in [-0.1, -0.05) is 43.3 Å². The van der Waals surface area contributed by atoms with Crippen LogP contribution in [0.2, 0.25) is 0 Å². The highest BCUT2D eigenvalue weighted by Crippen LogP contribution is 2.21. The van der Waals surface area contributed by atoms with Gasteiger partial charge in [0.25, 0.3) is 0 Å². The Morgan fingerprint density at radius 3 is 2.81 bits per heavy atom. The molecule has 0 saturated carbocycles. The van der Waals surface area contributed by atoms with Crippen molar-refractivity contribution in [2.75, 3.05) is 6.61 Å².